The molecular formula is C12H24IN2+. The molecule has 0 N–H and O–H groups in total. The fraction of sp³-hybridized carbons (Fsp3) is 1.00. The molecule has 1 saturated carbocycles. The molecule has 2 nitrogen and oxygen atoms in total. The molecule has 2 fully saturated rings. The molecule has 15 heavy (non-hydrogen) atoms. The number of nitrogens with zero attached hydrogens (tertiary/aromatic N) is 2. The molecule has 0 bridgehead atoms. The van der Waals surface area contributed by atoms with Crippen LogP contribution in [0.15, 0.2) is 0 Å². The van der Waals surface area contributed by atoms with E-state index in [0.29, 0.717) is 0 Å². The van der Waals surface area contributed by atoms with Crippen molar-refractivity contribution < 1.29 is 2.70 Å². The van der Waals surface area contributed by atoms with Crippen molar-refractivity contribution in [3.63, 3.8) is 0 Å². The van der Waals surface area contributed by atoms with Crippen molar-refractivity contribution in [2.45, 2.75) is 38.6 Å². The van der Waals surface area contributed by atoms with Crippen LogP contribution < -0.4 is 0 Å². The van der Waals surface area contributed by atoms with E-state index in [1.165, 1.54) is 48.0 Å². The van der Waals surface area contributed by atoms with E-state index in [1.54, 1.807) is 0 Å². The molecular weight excluding hydrogens is 299 g/mol. The fourth-order valence-electron chi connectivity index (χ4n) is 3.14. The molecule has 0 unspecified atom stereocenters. The normalized spacial score (nSPS) is 45.8. The Morgan fingerprint density at radius 3 is 2.20 bits per heavy atom. The standard InChI is InChI=1S/C12H24IN2/c1-4-15(13)7-5-12(6-8-15)9-11(10-12)14(2)3/h11H,4-10H2,1-3H3/q+1. The number of quaternary nitrogens is 1. The molecule has 0 amide bonds. The molecule has 0 aromatic heterocycles. The van der Waals surface area contributed by atoms with Gasteiger partial charge in [0.1, 0.15) is 0 Å². The maximum Gasteiger partial charge on any atom is 0.248 e. The summed E-state index contributed by atoms with van der Waals surface area (Å²) in [6.07, 6.45) is 5.85. The van der Waals surface area contributed by atoms with E-state index in [4.69, 9.17) is 0 Å². The SMILES string of the molecule is CC[N+]1(I)CCC2(CC1)CC(N(C)C)C2. The van der Waals surface area contributed by atoms with Gasteiger partial charge in [-0.1, -0.05) is 0 Å². The van der Waals surface area contributed by atoms with Crippen molar-refractivity contribution in [2.24, 2.45) is 5.41 Å². The van der Waals surface area contributed by atoms with Crippen LogP contribution in [0.25, 0.3) is 0 Å². The van der Waals surface area contributed by atoms with Gasteiger partial charge in [-0.3, -0.25) is 2.70 Å². The molecule has 0 aromatic rings. The molecule has 0 radical (unpaired) electrons. The first kappa shape index (κ1) is 12.1. The van der Waals surface area contributed by atoms with Gasteiger partial charge in [-0.2, -0.15) is 0 Å². The van der Waals surface area contributed by atoms with Crippen molar-refractivity contribution >= 4 is 22.9 Å². The molecule has 1 aliphatic carbocycles. The van der Waals surface area contributed by atoms with Crippen molar-refractivity contribution in [3.05, 3.63) is 0 Å². The summed E-state index contributed by atoms with van der Waals surface area (Å²) in [4.78, 5) is 2.41. The van der Waals surface area contributed by atoms with E-state index in [9.17, 15) is 0 Å². The average molecular weight is 323 g/mol. The molecule has 1 heterocycles. The number of hydrogen-bond donors (Lipinski definition) is 0. The third-order valence-electron chi connectivity index (χ3n) is 4.72. The maximum absolute atomic E-state index is 2.66. The number of rotatable bonds is 2. The quantitative estimate of drug-likeness (QED) is 0.558. The fourth-order valence-corrected chi connectivity index (χ4v) is 3.62. The van der Waals surface area contributed by atoms with Gasteiger partial charge in [-0.15, -0.1) is 0 Å². The Labute approximate surface area is 108 Å². The molecule has 0 atom stereocenters. The van der Waals surface area contributed by atoms with Crippen LogP contribution in [0.1, 0.15) is 32.6 Å². The zero-order chi connectivity index (χ0) is 11.1. The Bertz CT molecular complexity index is 224. The zero-order valence-corrected chi connectivity index (χ0v) is 12.5. The zero-order valence-electron chi connectivity index (χ0n) is 10.3. The minimum Gasteiger partial charge on any atom is -0.306 e. The highest BCUT2D eigenvalue weighted by Gasteiger charge is 2.49. The van der Waals surface area contributed by atoms with E-state index >= 15 is 0 Å². The summed E-state index contributed by atoms with van der Waals surface area (Å²) in [5.41, 5.74) is 0.747. The second-order valence-electron chi connectivity index (χ2n) is 5.82. The molecule has 0 aromatic carbocycles. The van der Waals surface area contributed by atoms with Gasteiger partial charge in [0.05, 0.1) is 19.6 Å². The van der Waals surface area contributed by atoms with Crippen molar-refractivity contribution in [2.75, 3.05) is 33.7 Å². The predicted molar refractivity (Wildman–Crippen MR) is 72.9 cm³/mol. The minimum absolute atomic E-state index is 0.747. The summed E-state index contributed by atoms with van der Waals surface area (Å²) in [7, 11) is 4.45. The summed E-state index contributed by atoms with van der Waals surface area (Å²) in [6, 6.07) is 0.876. The lowest BCUT2D eigenvalue weighted by atomic mass is 9.60. The highest BCUT2D eigenvalue weighted by Crippen LogP contribution is 2.52. The largest absolute Gasteiger partial charge is 0.306 e. The monoisotopic (exact) mass is 323 g/mol. The first-order valence-electron chi connectivity index (χ1n) is 6.21. The number of halogens is 1. The average Bonchev–Trinajstić information content (AvgIpc) is 2.16. The molecule has 2 rings (SSSR count). The van der Waals surface area contributed by atoms with Gasteiger partial charge in [0.2, 0.25) is 22.9 Å². The number of hydrogen-bond acceptors (Lipinski definition) is 1. The molecule has 1 aliphatic heterocycles. The van der Waals surface area contributed by atoms with Gasteiger partial charge in [0.25, 0.3) is 0 Å². The lowest BCUT2D eigenvalue weighted by molar-refractivity contribution is -0.762. The summed E-state index contributed by atoms with van der Waals surface area (Å²) in [5, 5.41) is 0. The van der Waals surface area contributed by atoms with Crippen LogP contribution in [-0.4, -0.2) is 47.4 Å². The Kier molecular flexibility index (Phi) is 3.35. The summed E-state index contributed by atoms with van der Waals surface area (Å²) in [6.45, 7) is 6.43. The third-order valence-corrected chi connectivity index (χ3v) is 6.37. The van der Waals surface area contributed by atoms with Gasteiger partial charge >= 0.3 is 0 Å². The number of piperidine rings is 1. The van der Waals surface area contributed by atoms with E-state index in [1.807, 2.05) is 0 Å². The van der Waals surface area contributed by atoms with E-state index in [2.05, 4.69) is 48.8 Å². The van der Waals surface area contributed by atoms with Gasteiger partial charge in [-0.25, -0.2) is 0 Å². The van der Waals surface area contributed by atoms with Crippen LogP contribution in [0, 0.1) is 5.41 Å². The van der Waals surface area contributed by atoms with Crippen LogP contribution >= 0.6 is 22.9 Å². The summed E-state index contributed by atoms with van der Waals surface area (Å²) < 4.78 is 1.28. The van der Waals surface area contributed by atoms with Crippen LogP contribution in [-0.2, 0) is 0 Å². The minimum atomic E-state index is 0.747. The lowest BCUT2D eigenvalue weighted by Gasteiger charge is -2.54. The molecule has 3 heteroatoms. The van der Waals surface area contributed by atoms with E-state index in [0.717, 1.165) is 11.5 Å². The van der Waals surface area contributed by atoms with Crippen LogP contribution in [0.5, 0.6) is 0 Å². The predicted octanol–water partition coefficient (Wildman–Crippen LogP) is 2.68. The van der Waals surface area contributed by atoms with Crippen LogP contribution in [0.4, 0.5) is 0 Å². The lowest BCUT2D eigenvalue weighted by Crippen LogP contribution is -2.56. The highest BCUT2D eigenvalue weighted by atomic mass is 127. The second-order valence-corrected chi connectivity index (χ2v) is 7.87. The van der Waals surface area contributed by atoms with E-state index < -0.39 is 0 Å². The Balaban J connectivity index is 1.85. The second kappa shape index (κ2) is 4.15. The maximum atomic E-state index is 2.66. The Morgan fingerprint density at radius 1 is 1.27 bits per heavy atom. The summed E-state index contributed by atoms with van der Waals surface area (Å²) in [5.74, 6) is 0. The molecule has 1 saturated heterocycles. The van der Waals surface area contributed by atoms with E-state index in [-0.39, 0.29) is 0 Å². The Hall–Kier alpha value is 0.650. The molecule has 2 aliphatic rings. The smallest absolute Gasteiger partial charge is 0.248 e. The molecule has 88 valence electrons. The van der Waals surface area contributed by atoms with Gasteiger partial charge in [0, 0.05) is 18.9 Å². The topological polar surface area (TPSA) is 3.24 Å². The highest BCUT2D eigenvalue weighted by molar-refractivity contribution is 14.1. The van der Waals surface area contributed by atoms with Crippen molar-refractivity contribution in [3.8, 4) is 0 Å². The first-order valence-corrected chi connectivity index (χ1v) is 7.17. The summed E-state index contributed by atoms with van der Waals surface area (Å²) >= 11 is 2.66. The van der Waals surface area contributed by atoms with Crippen LogP contribution in [0.3, 0.4) is 0 Å². The van der Waals surface area contributed by atoms with Crippen LogP contribution in [0.2, 0.25) is 0 Å². The van der Waals surface area contributed by atoms with Gasteiger partial charge in [-0.05, 0) is 39.3 Å². The van der Waals surface area contributed by atoms with Gasteiger partial charge < -0.3 is 4.90 Å². The molecule has 1 spiro atoms. The van der Waals surface area contributed by atoms with Crippen molar-refractivity contribution in [1.82, 2.24) is 4.90 Å². The van der Waals surface area contributed by atoms with Crippen molar-refractivity contribution in [1.29, 1.82) is 0 Å². The number of likely N-dealkylation sites (tertiary alicyclic amines) is 1. The Morgan fingerprint density at radius 2 is 1.80 bits per heavy atom. The van der Waals surface area contributed by atoms with Gasteiger partial charge in [0.15, 0.2) is 0 Å². The third kappa shape index (κ3) is 2.34. The first-order chi connectivity index (χ1) is 6.99.